The van der Waals surface area contributed by atoms with Crippen molar-refractivity contribution < 1.29 is 28.4 Å². The zero-order valence-electron chi connectivity index (χ0n) is 17.6. The van der Waals surface area contributed by atoms with E-state index in [0.717, 1.165) is 0 Å². The Bertz CT molecular complexity index is 1120. The van der Waals surface area contributed by atoms with E-state index in [2.05, 4.69) is 15.5 Å². The van der Waals surface area contributed by atoms with Crippen molar-refractivity contribution in [3.63, 3.8) is 0 Å². The average Bonchev–Trinajstić information content (AvgIpc) is 3.31. The number of nitro benzene ring substituents is 1. The molecule has 1 N–H and O–H groups in total. The standard InChI is InChI=1S/C21H20N4O7S/c1-30-11-10-22-18(26)13-33-17-5-3-2-4-16(17)21(27)31-12-19-23-24-20(32-19)14-6-8-15(9-7-14)25(28)29/h2-9H,10-13H2,1H3,(H,22,26). The summed E-state index contributed by atoms with van der Waals surface area (Å²) in [6, 6.07) is 12.4. The number of non-ortho nitro benzene ring substituents is 1. The molecule has 0 bridgehead atoms. The molecule has 0 atom stereocenters. The van der Waals surface area contributed by atoms with Gasteiger partial charge in [0.15, 0.2) is 6.61 Å². The summed E-state index contributed by atoms with van der Waals surface area (Å²) in [7, 11) is 1.55. The zero-order chi connectivity index (χ0) is 23.6. The molecule has 2 aromatic carbocycles. The van der Waals surface area contributed by atoms with Crippen LogP contribution in [0.5, 0.6) is 0 Å². The molecule has 172 valence electrons. The number of carbonyl (C=O) groups is 2. The summed E-state index contributed by atoms with van der Waals surface area (Å²) in [6.07, 6.45) is 0. The van der Waals surface area contributed by atoms with Crippen LogP contribution in [0, 0.1) is 10.1 Å². The van der Waals surface area contributed by atoms with E-state index in [0.29, 0.717) is 29.2 Å². The van der Waals surface area contributed by atoms with Gasteiger partial charge in [0.1, 0.15) is 0 Å². The van der Waals surface area contributed by atoms with E-state index in [1.807, 2.05) is 0 Å². The van der Waals surface area contributed by atoms with Gasteiger partial charge in [-0.1, -0.05) is 12.1 Å². The molecule has 11 nitrogen and oxygen atoms in total. The molecular weight excluding hydrogens is 452 g/mol. The minimum absolute atomic E-state index is 0.0589. The Kier molecular flexibility index (Phi) is 8.49. The number of thioether (sulfide) groups is 1. The monoisotopic (exact) mass is 472 g/mol. The maximum absolute atomic E-state index is 12.6. The lowest BCUT2D eigenvalue weighted by Crippen LogP contribution is -2.28. The first-order valence-corrected chi connectivity index (χ1v) is 10.7. The highest BCUT2D eigenvalue weighted by Gasteiger charge is 2.17. The fraction of sp³-hybridized carbons (Fsp3) is 0.238. The Morgan fingerprint density at radius 2 is 1.91 bits per heavy atom. The van der Waals surface area contributed by atoms with Gasteiger partial charge in [-0.2, -0.15) is 0 Å². The molecule has 3 rings (SSSR count). The van der Waals surface area contributed by atoms with Crippen LogP contribution in [0.15, 0.2) is 57.8 Å². The first-order valence-electron chi connectivity index (χ1n) is 9.69. The molecule has 1 heterocycles. The summed E-state index contributed by atoms with van der Waals surface area (Å²) in [5, 5.41) is 21.2. The predicted molar refractivity (Wildman–Crippen MR) is 118 cm³/mol. The van der Waals surface area contributed by atoms with Crippen LogP contribution in [0.3, 0.4) is 0 Å². The number of hydrogen-bond donors (Lipinski definition) is 1. The summed E-state index contributed by atoms with van der Waals surface area (Å²) in [5.41, 5.74) is 0.745. The van der Waals surface area contributed by atoms with Crippen LogP contribution in [-0.4, -0.2) is 53.0 Å². The zero-order valence-corrected chi connectivity index (χ0v) is 18.4. The minimum Gasteiger partial charge on any atom is -0.452 e. The summed E-state index contributed by atoms with van der Waals surface area (Å²) in [5.74, 6) is -0.431. The molecule has 0 aliphatic rings. The van der Waals surface area contributed by atoms with Gasteiger partial charge in [-0.25, -0.2) is 4.79 Å². The minimum atomic E-state index is -0.604. The number of nitrogens with one attached hydrogen (secondary N) is 1. The van der Waals surface area contributed by atoms with Crippen molar-refractivity contribution in [3.05, 3.63) is 70.1 Å². The number of amides is 1. The second-order valence-corrected chi connectivity index (χ2v) is 7.53. The third-order valence-corrected chi connectivity index (χ3v) is 5.29. The summed E-state index contributed by atoms with van der Waals surface area (Å²) in [6.45, 7) is 0.571. The maximum atomic E-state index is 12.6. The third kappa shape index (κ3) is 6.85. The van der Waals surface area contributed by atoms with Crippen molar-refractivity contribution in [2.45, 2.75) is 11.5 Å². The first-order chi connectivity index (χ1) is 16.0. The Morgan fingerprint density at radius 1 is 1.15 bits per heavy atom. The van der Waals surface area contributed by atoms with Crippen molar-refractivity contribution in [1.82, 2.24) is 15.5 Å². The van der Waals surface area contributed by atoms with Crippen LogP contribution in [0.2, 0.25) is 0 Å². The second kappa shape index (κ2) is 11.7. The number of carbonyl (C=O) groups excluding carboxylic acids is 2. The molecule has 0 radical (unpaired) electrons. The van der Waals surface area contributed by atoms with Crippen LogP contribution in [0.1, 0.15) is 16.2 Å². The lowest BCUT2D eigenvalue weighted by Gasteiger charge is -2.09. The van der Waals surface area contributed by atoms with E-state index in [4.69, 9.17) is 13.9 Å². The number of hydrogen-bond acceptors (Lipinski definition) is 10. The first kappa shape index (κ1) is 23.9. The van der Waals surface area contributed by atoms with Crippen molar-refractivity contribution in [2.24, 2.45) is 0 Å². The molecule has 0 spiro atoms. The Balaban J connectivity index is 1.57. The smallest absolute Gasteiger partial charge is 0.339 e. The molecule has 12 heteroatoms. The summed E-state index contributed by atoms with van der Waals surface area (Å²) >= 11 is 1.21. The van der Waals surface area contributed by atoms with Gasteiger partial charge in [0.2, 0.25) is 11.8 Å². The van der Waals surface area contributed by atoms with E-state index in [1.165, 1.54) is 36.0 Å². The van der Waals surface area contributed by atoms with Crippen molar-refractivity contribution >= 4 is 29.3 Å². The van der Waals surface area contributed by atoms with E-state index < -0.39 is 10.9 Å². The molecular formula is C21H20N4O7S. The SMILES string of the molecule is COCCNC(=O)CSc1ccccc1C(=O)OCc1nnc(-c2ccc([N+](=O)[O-])cc2)o1. The maximum Gasteiger partial charge on any atom is 0.339 e. The second-order valence-electron chi connectivity index (χ2n) is 6.51. The Morgan fingerprint density at radius 3 is 2.64 bits per heavy atom. The number of nitrogens with zero attached hydrogens (tertiary/aromatic N) is 3. The van der Waals surface area contributed by atoms with Crippen molar-refractivity contribution in [1.29, 1.82) is 0 Å². The van der Waals surface area contributed by atoms with Crippen LogP contribution >= 0.6 is 11.8 Å². The van der Waals surface area contributed by atoms with Crippen molar-refractivity contribution in [2.75, 3.05) is 26.0 Å². The number of benzene rings is 2. The molecule has 1 amide bonds. The van der Waals surface area contributed by atoms with Gasteiger partial charge in [-0.15, -0.1) is 22.0 Å². The topological polar surface area (TPSA) is 147 Å². The van der Waals surface area contributed by atoms with Crippen LogP contribution in [0.25, 0.3) is 11.5 Å². The lowest BCUT2D eigenvalue weighted by atomic mass is 10.2. The summed E-state index contributed by atoms with van der Waals surface area (Å²) < 4.78 is 15.6. The largest absolute Gasteiger partial charge is 0.452 e. The number of rotatable bonds is 11. The lowest BCUT2D eigenvalue weighted by molar-refractivity contribution is -0.384. The highest BCUT2D eigenvalue weighted by Crippen LogP contribution is 2.24. The van der Waals surface area contributed by atoms with Crippen LogP contribution in [0.4, 0.5) is 5.69 Å². The van der Waals surface area contributed by atoms with Crippen LogP contribution in [-0.2, 0) is 20.9 Å². The normalized spacial score (nSPS) is 10.6. The quantitative estimate of drug-likeness (QED) is 0.145. The van der Waals surface area contributed by atoms with E-state index in [1.54, 1.807) is 31.4 Å². The van der Waals surface area contributed by atoms with Gasteiger partial charge in [-0.3, -0.25) is 14.9 Å². The van der Waals surface area contributed by atoms with E-state index in [9.17, 15) is 19.7 Å². The highest BCUT2D eigenvalue weighted by molar-refractivity contribution is 8.00. The van der Waals surface area contributed by atoms with Gasteiger partial charge in [-0.05, 0) is 24.3 Å². The molecule has 0 saturated carbocycles. The van der Waals surface area contributed by atoms with E-state index in [-0.39, 0.29) is 35.7 Å². The fourth-order valence-electron chi connectivity index (χ4n) is 2.61. The molecule has 1 aromatic heterocycles. The molecule has 0 aliphatic carbocycles. The van der Waals surface area contributed by atoms with Crippen LogP contribution < -0.4 is 5.32 Å². The van der Waals surface area contributed by atoms with Crippen molar-refractivity contribution in [3.8, 4) is 11.5 Å². The molecule has 0 aliphatic heterocycles. The predicted octanol–water partition coefficient (Wildman–Crippen LogP) is 2.86. The average molecular weight is 472 g/mol. The summed E-state index contributed by atoms with van der Waals surface area (Å²) in [4.78, 5) is 35.3. The molecule has 0 saturated heterocycles. The Labute approximate surface area is 192 Å². The molecule has 0 unspecified atom stereocenters. The van der Waals surface area contributed by atoms with Gasteiger partial charge in [0.05, 0.1) is 22.8 Å². The Hall–Kier alpha value is -3.77. The molecule has 33 heavy (non-hydrogen) atoms. The van der Waals surface area contributed by atoms with Gasteiger partial charge < -0.3 is 19.2 Å². The number of methoxy groups -OCH3 is 1. The number of ether oxygens (including phenoxy) is 2. The molecule has 0 fully saturated rings. The fourth-order valence-corrected chi connectivity index (χ4v) is 3.48. The van der Waals surface area contributed by atoms with Gasteiger partial charge >= 0.3 is 5.97 Å². The number of aromatic nitrogens is 2. The third-order valence-electron chi connectivity index (χ3n) is 4.21. The molecule has 3 aromatic rings. The van der Waals surface area contributed by atoms with Gasteiger partial charge in [0, 0.05) is 36.2 Å². The van der Waals surface area contributed by atoms with E-state index >= 15 is 0 Å². The van der Waals surface area contributed by atoms with Gasteiger partial charge in [0.25, 0.3) is 11.6 Å². The number of esters is 1. The highest BCUT2D eigenvalue weighted by atomic mass is 32.2. The number of nitro groups is 1.